The Morgan fingerprint density at radius 3 is 2.33 bits per heavy atom. The summed E-state index contributed by atoms with van der Waals surface area (Å²) >= 11 is 0. The van der Waals surface area contributed by atoms with Gasteiger partial charge in [0, 0.05) is 19.3 Å². The van der Waals surface area contributed by atoms with Crippen molar-refractivity contribution in [2.75, 3.05) is 19.8 Å². The van der Waals surface area contributed by atoms with Crippen LogP contribution in [0.3, 0.4) is 0 Å². The van der Waals surface area contributed by atoms with Crippen LogP contribution in [0.25, 0.3) is 0 Å². The van der Waals surface area contributed by atoms with Gasteiger partial charge in [-0.05, 0) is 31.2 Å². The average Bonchev–Trinajstić information content (AvgIpc) is 2.28. The first kappa shape index (κ1) is 15.9. The van der Waals surface area contributed by atoms with Gasteiger partial charge >= 0.3 is 0 Å². The van der Waals surface area contributed by atoms with E-state index in [2.05, 4.69) is 4.72 Å². The zero-order valence-corrected chi connectivity index (χ0v) is 12.4. The van der Waals surface area contributed by atoms with E-state index in [0.29, 0.717) is 39.0 Å². The largest absolute Gasteiger partial charge is 0.381 e. The summed E-state index contributed by atoms with van der Waals surface area (Å²) in [4.78, 5) is 0. The molecule has 0 bridgehead atoms. The Balaban J connectivity index is 2.72. The lowest BCUT2D eigenvalue weighted by atomic mass is 9.85. The molecule has 1 fully saturated rings. The second-order valence-electron chi connectivity index (χ2n) is 5.97. The van der Waals surface area contributed by atoms with E-state index in [1.165, 1.54) is 0 Å². The fourth-order valence-corrected chi connectivity index (χ4v) is 3.99. The number of rotatable bonds is 5. The fraction of sp³-hybridized carbons (Fsp3) is 1.00. The summed E-state index contributed by atoms with van der Waals surface area (Å²) in [5.41, 5.74) is 5.44. The van der Waals surface area contributed by atoms with Gasteiger partial charge in [0.25, 0.3) is 0 Å². The molecule has 1 aliphatic rings. The van der Waals surface area contributed by atoms with E-state index in [4.69, 9.17) is 10.5 Å². The van der Waals surface area contributed by atoms with Crippen LogP contribution in [0.5, 0.6) is 0 Å². The maximum atomic E-state index is 12.3. The van der Waals surface area contributed by atoms with E-state index in [1.807, 2.05) is 20.8 Å². The summed E-state index contributed by atoms with van der Waals surface area (Å²) in [5, 5.41) is -0.325. The zero-order chi connectivity index (χ0) is 13.8. The summed E-state index contributed by atoms with van der Waals surface area (Å²) in [6, 6.07) is -0.115. The Hall–Kier alpha value is -0.170. The first-order chi connectivity index (χ1) is 8.27. The molecule has 108 valence electrons. The lowest BCUT2D eigenvalue weighted by Crippen LogP contribution is -2.49. The summed E-state index contributed by atoms with van der Waals surface area (Å²) < 4.78 is 32.7. The van der Waals surface area contributed by atoms with Crippen LogP contribution >= 0.6 is 0 Å². The molecule has 5 nitrogen and oxygen atoms in total. The summed E-state index contributed by atoms with van der Waals surface area (Å²) in [5.74, 6) is 0. The summed E-state index contributed by atoms with van der Waals surface area (Å²) in [6.07, 6.45) is 1.82. The number of nitrogens with two attached hydrogens (primary N) is 1. The highest BCUT2D eigenvalue weighted by Crippen LogP contribution is 2.24. The van der Waals surface area contributed by atoms with Gasteiger partial charge in [-0.1, -0.05) is 20.8 Å². The monoisotopic (exact) mass is 278 g/mol. The van der Waals surface area contributed by atoms with E-state index in [0.717, 1.165) is 0 Å². The van der Waals surface area contributed by atoms with Crippen molar-refractivity contribution < 1.29 is 13.2 Å². The lowest BCUT2D eigenvalue weighted by molar-refractivity contribution is 0.0979. The van der Waals surface area contributed by atoms with Gasteiger partial charge < -0.3 is 10.5 Å². The molecular weight excluding hydrogens is 252 g/mol. The van der Waals surface area contributed by atoms with Crippen molar-refractivity contribution in [3.05, 3.63) is 0 Å². The number of hydrogen-bond acceptors (Lipinski definition) is 4. The van der Waals surface area contributed by atoms with Gasteiger partial charge in [-0.25, -0.2) is 13.1 Å². The molecule has 1 rings (SSSR count). The average molecular weight is 278 g/mol. The van der Waals surface area contributed by atoms with Gasteiger partial charge in [0.15, 0.2) is 0 Å². The maximum Gasteiger partial charge on any atom is 0.214 e. The van der Waals surface area contributed by atoms with Crippen molar-refractivity contribution in [3.8, 4) is 0 Å². The van der Waals surface area contributed by atoms with Crippen molar-refractivity contribution in [1.82, 2.24) is 4.72 Å². The van der Waals surface area contributed by atoms with Crippen LogP contribution in [0.15, 0.2) is 0 Å². The number of hydrogen-bond donors (Lipinski definition) is 2. The molecule has 0 aromatic rings. The molecule has 0 aliphatic carbocycles. The predicted molar refractivity (Wildman–Crippen MR) is 72.8 cm³/mol. The van der Waals surface area contributed by atoms with E-state index < -0.39 is 10.0 Å². The Morgan fingerprint density at radius 1 is 1.33 bits per heavy atom. The van der Waals surface area contributed by atoms with Crippen LogP contribution < -0.4 is 10.5 Å². The van der Waals surface area contributed by atoms with Gasteiger partial charge in [-0.3, -0.25) is 0 Å². The van der Waals surface area contributed by atoms with Crippen LogP contribution in [-0.2, 0) is 14.8 Å². The maximum absolute atomic E-state index is 12.3. The van der Waals surface area contributed by atoms with Crippen molar-refractivity contribution in [2.45, 2.75) is 51.3 Å². The summed E-state index contributed by atoms with van der Waals surface area (Å²) in [7, 11) is -3.27. The third-order valence-corrected chi connectivity index (χ3v) is 5.38. The van der Waals surface area contributed by atoms with E-state index in [1.54, 1.807) is 0 Å². The minimum Gasteiger partial charge on any atom is -0.381 e. The Bertz CT molecular complexity index is 343. The van der Waals surface area contributed by atoms with E-state index in [9.17, 15) is 8.42 Å². The topological polar surface area (TPSA) is 81.4 Å². The van der Waals surface area contributed by atoms with Crippen LogP contribution in [0, 0.1) is 5.41 Å². The SMILES string of the molecule is CC(C)(C)C(CCN)NS(=O)(=O)C1CCOCC1. The highest BCUT2D eigenvalue weighted by Gasteiger charge is 2.33. The van der Waals surface area contributed by atoms with Crippen LogP contribution in [0.1, 0.15) is 40.0 Å². The van der Waals surface area contributed by atoms with Gasteiger partial charge in [-0.15, -0.1) is 0 Å². The third-order valence-electron chi connectivity index (χ3n) is 3.41. The smallest absolute Gasteiger partial charge is 0.214 e. The molecule has 1 atom stereocenters. The van der Waals surface area contributed by atoms with Crippen molar-refractivity contribution in [3.63, 3.8) is 0 Å². The predicted octanol–water partition coefficient (Wildman–Crippen LogP) is 0.848. The normalized spacial score (nSPS) is 20.9. The van der Waals surface area contributed by atoms with Crippen molar-refractivity contribution in [2.24, 2.45) is 11.1 Å². The fourth-order valence-electron chi connectivity index (χ4n) is 2.12. The third kappa shape index (κ3) is 4.50. The molecule has 0 amide bonds. The number of nitrogens with one attached hydrogen (secondary N) is 1. The first-order valence-corrected chi connectivity index (χ1v) is 8.11. The van der Waals surface area contributed by atoms with Crippen molar-refractivity contribution >= 4 is 10.0 Å². The standard InChI is InChI=1S/C12H26N2O3S/c1-12(2,3)11(4-7-13)14-18(15,16)10-5-8-17-9-6-10/h10-11,14H,4-9,13H2,1-3H3. The van der Waals surface area contributed by atoms with Gasteiger partial charge in [0.2, 0.25) is 10.0 Å². The van der Waals surface area contributed by atoms with E-state index >= 15 is 0 Å². The molecular formula is C12H26N2O3S. The number of sulfonamides is 1. The van der Waals surface area contributed by atoms with Gasteiger partial charge in [-0.2, -0.15) is 0 Å². The quantitative estimate of drug-likeness (QED) is 0.781. The Morgan fingerprint density at radius 2 is 1.89 bits per heavy atom. The Labute approximate surface area is 111 Å². The van der Waals surface area contributed by atoms with Crippen LogP contribution in [-0.4, -0.2) is 39.5 Å². The minimum absolute atomic E-state index is 0.115. The molecule has 1 aliphatic heterocycles. The molecule has 3 N–H and O–H groups in total. The second kappa shape index (κ2) is 6.32. The molecule has 0 radical (unpaired) electrons. The molecule has 0 aromatic heterocycles. The first-order valence-electron chi connectivity index (χ1n) is 6.56. The zero-order valence-electron chi connectivity index (χ0n) is 11.6. The molecule has 1 heterocycles. The minimum atomic E-state index is -3.27. The molecule has 0 spiro atoms. The van der Waals surface area contributed by atoms with Crippen molar-refractivity contribution in [1.29, 1.82) is 0 Å². The molecule has 0 saturated carbocycles. The van der Waals surface area contributed by atoms with Gasteiger partial charge in [0.1, 0.15) is 0 Å². The molecule has 1 saturated heterocycles. The van der Waals surface area contributed by atoms with E-state index in [-0.39, 0.29) is 16.7 Å². The second-order valence-corrected chi connectivity index (χ2v) is 7.96. The van der Waals surface area contributed by atoms with Gasteiger partial charge in [0.05, 0.1) is 5.25 Å². The van der Waals surface area contributed by atoms with Crippen LogP contribution in [0.2, 0.25) is 0 Å². The molecule has 0 aromatic carbocycles. The molecule has 1 unspecified atom stereocenters. The lowest BCUT2D eigenvalue weighted by Gasteiger charge is -2.33. The highest BCUT2D eigenvalue weighted by atomic mass is 32.2. The molecule has 18 heavy (non-hydrogen) atoms. The molecule has 6 heteroatoms. The summed E-state index contributed by atoms with van der Waals surface area (Å²) in [6.45, 7) is 7.63. The van der Waals surface area contributed by atoms with Crippen LogP contribution in [0.4, 0.5) is 0 Å². The Kier molecular flexibility index (Phi) is 5.58. The highest BCUT2D eigenvalue weighted by molar-refractivity contribution is 7.90. The number of ether oxygens (including phenoxy) is 1.